The average molecular weight is 313 g/mol. The highest BCUT2D eigenvalue weighted by Gasteiger charge is 2.18. The number of aromatic nitrogens is 1. The van der Waals surface area contributed by atoms with E-state index >= 15 is 0 Å². The van der Waals surface area contributed by atoms with Crippen molar-refractivity contribution >= 4 is 11.5 Å². The van der Waals surface area contributed by atoms with Gasteiger partial charge >= 0.3 is 0 Å². The summed E-state index contributed by atoms with van der Waals surface area (Å²) in [5, 5.41) is 19.8. The SMILES string of the molecule is CC.CC.CC.O=[N+]([O-])c1ccc(N2CCC(O)CC2)nc1. The van der Waals surface area contributed by atoms with Crippen molar-refractivity contribution < 1.29 is 10.0 Å². The van der Waals surface area contributed by atoms with Gasteiger partial charge in [0.15, 0.2) is 0 Å². The first-order valence-corrected chi connectivity index (χ1v) is 8.20. The number of hydrogen-bond acceptors (Lipinski definition) is 5. The Morgan fingerprint density at radius 3 is 2.00 bits per heavy atom. The summed E-state index contributed by atoms with van der Waals surface area (Å²) in [5.41, 5.74) is 0.000735. The first-order chi connectivity index (χ1) is 10.7. The number of pyridine rings is 1. The van der Waals surface area contributed by atoms with Crippen molar-refractivity contribution in [2.45, 2.75) is 60.5 Å². The Balaban J connectivity index is 0. The number of rotatable bonds is 2. The van der Waals surface area contributed by atoms with Crippen LogP contribution in [0.15, 0.2) is 18.3 Å². The molecule has 1 aromatic heterocycles. The molecule has 0 radical (unpaired) electrons. The van der Waals surface area contributed by atoms with E-state index in [2.05, 4.69) is 4.98 Å². The maximum atomic E-state index is 10.5. The van der Waals surface area contributed by atoms with Crippen LogP contribution in [0.1, 0.15) is 54.4 Å². The summed E-state index contributed by atoms with van der Waals surface area (Å²) in [6.45, 7) is 13.5. The van der Waals surface area contributed by atoms with Gasteiger partial charge in [0.25, 0.3) is 5.69 Å². The van der Waals surface area contributed by atoms with E-state index in [-0.39, 0.29) is 11.8 Å². The number of aliphatic hydroxyl groups is 1. The Hall–Kier alpha value is -1.69. The molecule has 1 N–H and O–H groups in total. The molecule has 0 saturated carbocycles. The van der Waals surface area contributed by atoms with E-state index in [1.165, 1.54) is 12.3 Å². The average Bonchev–Trinajstić information content (AvgIpc) is 2.61. The summed E-state index contributed by atoms with van der Waals surface area (Å²) in [6, 6.07) is 3.10. The minimum Gasteiger partial charge on any atom is -0.393 e. The molecule has 22 heavy (non-hydrogen) atoms. The van der Waals surface area contributed by atoms with Gasteiger partial charge in [0, 0.05) is 19.2 Å². The van der Waals surface area contributed by atoms with Crippen LogP contribution in [0, 0.1) is 10.1 Å². The fourth-order valence-electron chi connectivity index (χ4n) is 1.77. The molecular weight excluding hydrogens is 282 g/mol. The molecule has 0 atom stereocenters. The monoisotopic (exact) mass is 313 g/mol. The van der Waals surface area contributed by atoms with Crippen LogP contribution in [0.2, 0.25) is 0 Å². The minimum atomic E-state index is -0.462. The van der Waals surface area contributed by atoms with E-state index in [0.717, 1.165) is 31.7 Å². The van der Waals surface area contributed by atoms with E-state index in [9.17, 15) is 15.2 Å². The van der Waals surface area contributed by atoms with Gasteiger partial charge in [-0.2, -0.15) is 0 Å². The lowest BCUT2D eigenvalue weighted by atomic mass is 10.1. The number of nitro groups is 1. The van der Waals surface area contributed by atoms with Crippen molar-refractivity contribution in [3.05, 3.63) is 28.4 Å². The Bertz CT molecular complexity index is 375. The van der Waals surface area contributed by atoms with Gasteiger partial charge < -0.3 is 10.0 Å². The van der Waals surface area contributed by atoms with Gasteiger partial charge in [-0.15, -0.1) is 0 Å². The van der Waals surface area contributed by atoms with Crippen LogP contribution in [-0.2, 0) is 0 Å². The van der Waals surface area contributed by atoms with Crippen molar-refractivity contribution in [3.63, 3.8) is 0 Å². The van der Waals surface area contributed by atoms with Crippen molar-refractivity contribution in [3.8, 4) is 0 Å². The molecule has 2 heterocycles. The molecule has 1 aromatic rings. The maximum Gasteiger partial charge on any atom is 0.287 e. The van der Waals surface area contributed by atoms with Crippen molar-refractivity contribution in [1.82, 2.24) is 4.98 Å². The second-order valence-electron chi connectivity index (χ2n) is 3.85. The summed E-state index contributed by atoms with van der Waals surface area (Å²) in [7, 11) is 0. The smallest absolute Gasteiger partial charge is 0.287 e. The van der Waals surface area contributed by atoms with E-state index in [0.29, 0.717) is 0 Å². The lowest BCUT2D eigenvalue weighted by Gasteiger charge is -2.30. The fraction of sp³-hybridized carbons (Fsp3) is 0.688. The Labute approximate surface area is 134 Å². The van der Waals surface area contributed by atoms with Crippen LogP contribution in [0.5, 0.6) is 0 Å². The first-order valence-electron chi connectivity index (χ1n) is 8.20. The van der Waals surface area contributed by atoms with Crippen LogP contribution in [0.4, 0.5) is 11.5 Å². The molecule has 1 saturated heterocycles. The third kappa shape index (κ3) is 7.93. The molecule has 128 valence electrons. The summed E-state index contributed by atoms with van der Waals surface area (Å²) in [4.78, 5) is 16.1. The summed E-state index contributed by atoms with van der Waals surface area (Å²) in [6.07, 6.45) is 2.48. The van der Waals surface area contributed by atoms with Crippen LogP contribution in [0.25, 0.3) is 0 Å². The largest absolute Gasteiger partial charge is 0.393 e. The molecule has 1 aliphatic heterocycles. The maximum absolute atomic E-state index is 10.5. The van der Waals surface area contributed by atoms with Gasteiger partial charge in [-0.1, -0.05) is 41.5 Å². The second-order valence-corrected chi connectivity index (χ2v) is 3.85. The topological polar surface area (TPSA) is 79.5 Å². The van der Waals surface area contributed by atoms with Gasteiger partial charge in [-0.3, -0.25) is 10.1 Å². The van der Waals surface area contributed by atoms with Crippen molar-refractivity contribution in [2.75, 3.05) is 18.0 Å². The molecule has 0 aliphatic carbocycles. The van der Waals surface area contributed by atoms with Gasteiger partial charge in [-0.25, -0.2) is 4.98 Å². The molecule has 1 aliphatic rings. The Morgan fingerprint density at radius 2 is 1.64 bits per heavy atom. The van der Waals surface area contributed by atoms with Gasteiger partial charge in [0.1, 0.15) is 12.0 Å². The van der Waals surface area contributed by atoms with E-state index in [4.69, 9.17) is 0 Å². The fourth-order valence-corrected chi connectivity index (χ4v) is 1.77. The van der Waals surface area contributed by atoms with Crippen molar-refractivity contribution in [1.29, 1.82) is 0 Å². The second kappa shape index (κ2) is 14.3. The summed E-state index contributed by atoms with van der Waals surface area (Å²) >= 11 is 0. The number of aliphatic hydroxyl groups excluding tert-OH is 1. The van der Waals surface area contributed by atoms with E-state index in [1.807, 2.05) is 46.4 Å². The Morgan fingerprint density at radius 1 is 1.14 bits per heavy atom. The zero-order valence-electron chi connectivity index (χ0n) is 14.7. The highest BCUT2D eigenvalue weighted by molar-refractivity contribution is 5.43. The predicted octanol–water partition coefficient (Wildman–Crippen LogP) is 4.03. The van der Waals surface area contributed by atoms with Gasteiger partial charge in [0.05, 0.1) is 11.0 Å². The van der Waals surface area contributed by atoms with Crippen molar-refractivity contribution in [2.24, 2.45) is 0 Å². The molecule has 0 spiro atoms. The number of anilines is 1. The Kier molecular flexibility index (Phi) is 14.6. The molecule has 6 heteroatoms. The molecule has 0 bridgehead atoms. The van der Waals surface area contributed by atoms with Crippen LogP contribution >= 0.6 is 0 Å². The number of nitrogens with zero attached hydrogens (tertiary/aromatic N) is 3. The minimum absolute atomic E-state index is 0.000735. The van der Waals surface area contributed by atoms with Crippen LogP contribution < -0.4 is 4.90 Å². The quantitative estimate of drug-likeness (QED) is 0.658. The summed E-state index contributed by atoms with van der Waals surface area (Å²) < 4.78 is 0. The zero-order chi connectivity index (χ0) is 17.5. The molecule has 2 rings (SSSR count). The van der Waals surface area contributed by atoms with Crippen LogP contribution in [0.3, 0.4) is 0 Å². The molecule has 6 nitrogen and oxygen atoms in total. The molecule has 0 amide bonds. The summed E-state index contributed by atoms with van der Waals surface area (Å²) in [5.74, 6) is 0.734. The first kappa shape index (κ1) is 22.6. The molecule has 0 aromatic carbocycles. The number of hydrogen-bond donors (Lipinski definition) is 1. The highest BCUT2D eigenvalue weighted by Crippen LogP contribution is 2.19. The molecular formula is C16H31N3O3. The predicted molar refractivity (Wildman–Crippen MR) is 92.4 cm³/mol. The zero-order valence-corrected chi connectivity index (χ0v) is 14.7. The highest BCUT2D eigenvalue weighted by atomic mass is 16.6. The lowest BCUT2D eigenvalue weighted by Crippen LogP contribution is -2.36. The molecule has 0 unspecified atom stereocenters. The lowest BCUT2D eigenvalue weighted by molar-refractivity contribution is -0.385. The number of piperidine rings is 1. The van der Waals surface area contributed by atoms with Gasteiger partial charge in [-0.05, 0) is 18.9 Å². The normalized spacial score (nSPS) is 13.5. The van der Waals surface area contributed by atoms with Gasteiger partial charge in [0.2, 0.25) is 0 Å². The third-order valence-electron chi connectivity index (χ3n) is 2.73. The molecule has 1 fully saturated rings. The third-order valence-corrected chi connectivity index (χ3v) is 2.73. The van der Waals surface area contributed by atoms with Crippen LogP contribution in [-0.4, -0.2) is 34.2 Å². The standard InChI is InChI=1S/C10H13N3O3.3C2H6/c14-9-3-5-12(6-4-9)10-2-1-8(7-11-10)13(15)16;3*1-2/h1-2,7,9,14H,3-6H2;3*1-2H3. The van der Waals surface area contributed by atoms with E-state index in [1.54, 1.807) is 6.07 Å². The van der Waals surface area contributed by atoms with E-state index < -0.39 is 4.92 Å².